The van der Waals surface area contributed by atoms with Gasteiger partial charge in [-0.1, -0.05) is 64.5 Å². The van der Waals surface area contributed by atoms with E-state index < -0.39 is 116 Å². The van der Waals surface area contributed by atoms with Crippen molar-refractivity contribution in [3.8, 4) is 0 Å². The molecule has 3 aliphatic rings. The van der Waals surface area contributed by atoms with Gasteiger partial charge in [-0.25, -0.2) is 43.9 Å². The Balaban J connectivity index is 1.73. The molecule has 2 aliphatic carbocycles. The van der Waals surface area contributed by atoms with Crippen molar-refractivity contribution in [3.63, 3.8) is 0 Å². The fourth-order valence-corrected chi connectivity index (χ4v) is 21.6. The molecule has 7 rings (SSSR count). The molecule has 1 saturated heterocycles. The molecule has 4 aromatic carbocycles. The monoisotopic (exact) mass is 772 g/mol. The van der Waals surface area contributed by atoms with Crippen molar-refractivity contribution in [1.82, 2.24) is 0 Å². The maximum atomic E-state index is 16.3. The predicted octanol–water partition coefficient (Wildman–Crippen LogP) is 8.43. The summed E-state index contributed by atoms with van der Waals surface area (Å²) in [6.07, 6.45) is -3.88. The molecule has 2 bridgehead atoms. The summed E-state index contributed by atoms with van der Waals surface area (Å²) in [5.41, 5.74) is -0.607. The predicted molar refractivity (Wildman–Crippen MR) is 183 cm³/mol. The average molecular weight is 772 g/mol. The van der Waals surface area contributed by atoms with Crippen LogP contribution in [0.15, 0.2) is 24.3 Å². The lowest BCUT2D eigenvalue weighted by Gasteiger charge is -2.58. The molecule has 0 aromatic heterocycles. The fraction of sp³-hybridized carbons (Fsp3) is 0.351. The van der Waals surface area contributed by atoms with Crippen molar-refractivity contribution in [2.24, 2.45) is 11.8 Å². The van der Waals surface area contributed by atoms with Crippen LogP contribution in [0.25, 0.3) is 0 Å². The Morgan fingerprint density at radius 3 is 1.25 bits per heavy atom. The van der Waals surface area contributed by atoms with E-state index in [4.69, 9.17) is 4.10 Å². The minimum atomic E-state index is -4.72. The van der Waals surface area contributed by atoms with E-state index in [0.717, 1.165) is 11.1 Å². The highest BCUT2D eigenvalue weighted by Gasteiger charge is 2.75. The Morgan fingerprint density at radius 1 is 0.558 bits per heavy atom. The van der Waals surface area contributed by atoms with E-state index in [1.54, 1.807) is 27.7 Å². The van der Waals surface area contributed by atoms with Gasteiger partial charge in [-0.2, -0.15) is 4.21 Å². The van der Waals surface area contributed by atoms with Gasteiger partial charge in [-0.3, -0.25) is 0 Å². The SMILES string of the molecule is Cc1cc(C)c([P+]2(c3c(C)cc(C)cc3C)[C@@H]3[C@@H]4CC[C@@H](C4)[C@H]3[B-](c3c(F)c(F)c(F)c(F)c3F)(c3c(F)c(F)c(F)c(F)c3F)O[S@]2=O)c(C)c1. The smallest absolute Gasteiger partial charge is 0.268 e. The minimum absolute atomic E-state index is 0.194. The number of aryl methyl sites for hydroxylation is 6. The Hall–Kier alpha value is -3.22. The topological polar surface area (TPSA) is 26.3 Å². The van der Waals surface area contributed by atoms with Gasteiger partial charge in [0.15, 0.2) is 41.4 Å². The molecule has 276 valence electrons. The van der Waals surface area contributed by atoms with Crippen LogP contribution in [0.2, 0.25) is 5.82 Å². The maximum Gasteiger partial charge on any atom is 0.268 e. The van der Waals surface area contributed by atoms with Crippen molar-refractivity contribution in [3.05, 3.63) is 116 Å². The Labute approximate surface area is 296 Å². The standard InChI is InChI=1S/C37H32BF10O2PS/c1-14-9-16(3)35(17(4)10-14)51(36-18(5)11-15(2)12-19(36)6)37-21-8-7-20(13-21)22(37)38(50-52(51)49,23-25(39)29(43)33(47)30(44)26(23)40)24-27(41)31(45)34(48)32(46)28(24)42/h9-12,20-22,37H,7-8,13H2,1-6H3/t20-,21+,22+,37+,52+/m0/s1. The second-order valence-electron chi connectivity index (χ2n) is 14.7. The molecule has 3 fully saturated rings. The van der Waals surface area contributed by atoms with Crippen LogP contribution >= 0.6 is 6.46 Å². The summed E-state index contributed by atoms with van der Waals surface area (Å²) < 4.78 is 177. The third kappa shape index (κ3) is 4.68. The van der Waals surface area contributed by atoms with Crippen LogP contribution in [0.5, 0.6) is 0 Å². The molecule has 0 spiro atoms. The molecule has 2 nitrogen and oxygen atoms in total. The minimum Gasteiger partial charge on any atom is -0.467 e. The summed E-state index contributed by atoms with van der Waals surface area (Å²) in [5, 5.41) is 1.13. The normalized spacial score (nSPS) is 24.4. The number of rotatable bonds is 4. The lowest BCUT2D eigenvalue weighted by atomic mass is 9.23. The molecule has 0 amide bonds. The van der Waals surface area contributed by atoms with E-state index >= 15 is 39.3 Å². The summed E-state index contributed by atoms with van der Waals surface area (Å²) in [5.74, 6) is -28.5. The molecule has 4 aromatic rings. The van der Waals surface area contributed by atoms with E-state index in [2.05, 4.69) is 0 Å². The third-order valence-electron chi connectivity index (χ3n) is 11.6. The van der Waals surface area contributed by atoms with Crippen LogP contribution < -0.4 is 21.5 Å². The van der Waals surface area contributed by atoms with E-state index in [1.165, 1.54) is 0 Å². The van der Waals surface area contributed by atoms with Gasteiger partial charge in [-0.05, 0) is 82.6 Å². The van der Waals surface area contributed by atoms with Gasteiger partial charge in [0, 0.05) is 0 Å². The van der Waals surface area contributed by atoms with Gasteiger partial charge in [-0.15, -0.1) is 0 Å². The quantitative estimate of drug-likeness (QED) is 0.0685. The van der Waals surface area contributed by atoms with Gasteiger partial charge in [0.05, 0.1) is 5.66 Å². The summed E-state index contributed by atoms with van der Waals surface area (Å²) in [6.45, 7) is 7.06. The van der Waals surface area contributed by atoms with E-state index in [0.29, 0.717) is 39.3 Å². The molecule has 0 radical (unpaired) electrons. The van der Waals surface area contributed by atoms with Gasteiger partial charge >= 0.3 is 0 Å². The molecule has 1 heterocycles. The Morgan fingerprint density at radius 2 is 0.885 bits per heavy atom. The average Bonchev–Trinajstić information content (AvgIpc) is 3.69. The second-order valence-corrected chi connectivity index (χ2v) is 20.7. The zero-order valence-corrected chi connectivity index (χ0v) is 30.5. The van der Waals surface area contributed by atoms with Gasteiger partial charge in [0.25, 0.3) is 10.7 Å². The Bertz CT molecular complexity index is 2030. The third-order valence-corrected chi connectivity index (χ3v) is 20.4. The van der Waals surface area contributed by atoms with Crippen molar-refractivity contribution in [2.45, 2.75) is 72.3 Å². The molecular weight excluding hydrogens is 740 g/mol. The highest BCUT2D eigenvalue weighted by Crippen LogP contribution is 2.80. The van der Waals surface area contributed by atoms with E-state index in [1.807, 2.05) is 38.1 Å². The largest absolute Gasteiger partial charge is 0.467 e. The van der Waals surface area contributed by atoms with Crippen molar-refractivity contribution >= 4 is 45.0 Å². The van der Waals surface area contributed by atoms with Crippen LogP contribution in [-0.4, -0.2) is 16.2 Å². The molecule has 52 heavy (non-hydrogen) atoms. The molecule has 5 atom stereocenters. The molecule has 2 saturated carbocycles. The highest BCUT2D eigenvalue weighted by molar-refractivity contribution is 8.58. The molecule has 1 aliphatic heterocycles. The van der Waals surface area contributed by atoms with Crippen LogP contribution in [0, 0.1) is 112 Å². The van der Waals surface area contributed by atoms with Crippen LogP contribution in [-0.2, 0) is 14.8 Å². The van der Waals surface area contributed by atoms with Gasteiger partial charge < -0.3 is 4.10 Å². The first-order valence-corrected chi connectivity index (χ1v) is 20.2. The summed E-state index contributed by atoms with van der Waals surface area (Å²) >= 11 is 0. The molecule has 0 unspecified atom stereocenters. The maximum absolute atomic E-state index is 16.3. The second kappa shape index (κ2) is 12.4. The van der Waals surface area contributed by atoms with Crippen LogP contribution in [0.4, 0.5) is 43.9 Å². The Kier molecular flexibility index (Phi) is 8.86. The van der Waals surface area contributed by atoms with Gasteiger partial charge in [0.1, 0.15) is 33.9 Å². The summed E-state index contributed by atoms with van der Waals surface area (Å²) in [6, 6.07) is 7.35. The molecule has 15 heteroatoms. The first kappa shape index (κ1) is 37.1. The first-order valence-electron chi connectivity index (χ1n) is 16.7. The van der Waals surface area contributed by atoms with Crippen LogP contribution in [0.1, 0.15) is 52.6 Å². The van der Waals surface area contributed by atoms with Crippen molar-refractivity contribution in [1.29, 1.82) is 0 Å². The van der Waals surface area contributed by atoms with Crippen molar-refractivity contribution < 1.29 is 52.2 Å². The lowest BCUT2D eigenvalue weighted by molar-refractivity contribution is 0.373. The molecule has 0 N–H and O–H groups in total. The number of hydrogen-bond acceptors (Lipinski definition) is 2. The van der Waals surface area contributed by atoms with Gasteiger partial charge in [0.2, 0.25) is 6.35 Å². The van der Waals surface area contributed by atoms with Crippen molar-refractivity contribution in [2.75, 3.05) is 0 Å². The number of halogens is 10. The zero-order valence-electron chi connectivity index (χ0n) is 28.8. The summed E-state index contributed by atoms with van der Waals surface area (Å²) in [7, 11) is -2.95. The van der Waals surface area contributed by atoms with E-state index in [9.17, 15) is 8.78 Å². The first-order chi connectivity index (χ1) is 24.3. The zero-order chi connectivity index (χ0) is 38.1. The number of benzene rings is 4. The fourth-order valence-electron chi connectivity index (χ4n) is 10.4. The lowest BCUT2D eigenvalue weighted by Crippen LogP contribution is -2.74. The molecular formula is C37H32BF10O2PS. The van der Waals surface area contributed by atoms with E-state index in [-0.39, 0.29) is 12.8 Å². The summed E-state index contributed by atoms with van der Waals surface area (Å²) in [4.78, 5) is 0. The number of fused-ring (bicyclic) bond motifs is 5. The van der Waals surface area contributed by atoms with Crippen LogP contribution in [0.3, 0.4) is 0 Å². The number of hydrogen-bond donors (Lipinski definition) is 0. The highest BCUT2D eigenvalue weighted by atomic mass is 32.8.